The molecule has 2 aliphatic heterocycles. The Morgan fingerprint density at radius 1 is 0.700 bits per heavy atom. The van der Waals surface area contributed by atoms with Gasteiger partial charge in [-0.25, -0.2) is 0 Å². The van der Waals surface area contributed by atoms with Crippen molar-refractivity contribution in [3.63, 3.8) is 0 Å². The Bertz CT molecular complexity index is 1060. The monoisotopic (exact) mass is 540 g/mol. The van der Waals surface area contributed by atoms with Gasteiger partial charge >= 0.3 is 0 Å². The summed E-state index contributed by atoms with van der Waals surface area (Å²) in [5, 5.41) is 0. The zero-order chi connectivity index (χ0) is 27.2. The zero-order valence-electron chi connectivity index (χ0n) is 24.3. The average molecular weight is 541 g/mol. The van der Waals surface area contributed by atoms with E-state index < -0.39 is 0 Å². The van der Waals surface area contributed by atoms with Crippen LogP contribution in [0.1, 0.15) is 74.0 Å². The number of rotatable bonds is 14. The average Bonchev–Trinajstić information content (AvgIpc) is 3.01. The summed E-state index contributed by atoms with van der Waals surface area (Å²) in [4.78, 5) is 5.23. The fourth-order valence-electron chi connectivity index (χ4n) is 6.30. The third kappa shape index (κ3) is 9.19. The molecule has 3 aromatic carbocycles. The van der Waals surface area contributed by atoms with E-state index in [0.717, 1.165) is 44.8 Å². The van der Waals surface area contributed by atoms with Gasteiger partial charge < -0.3 is 14.4 Å². The molecule has 0 aromatic heterocycles. The Kier molecular flexibility index (Phi) is 11.5. The predicted octanol–water partition coefficient (Wildman–Crippen LogP) is 7.53. The maximum absolute atomic E-state index is 6.53. The van der Waals surface area contributed by atoms with Crippen LogP contribution >= 0.6 is 0 Å². The molecular formula is C36H48N2O2. The molecular weight excluding hydrogens is 492 g/mol. The lowest BCUT2D eigenvalue weighted by Crippen LogP contribution is -2.43. The fourth-order valence-corrected chi connectivity index (χ4v) is 6.30. The van der Waals surface area contributed by atoms with Gasteiger partial charge in [-0.1, -0.05) is 79.2 Å². The Morgan fingerprint density at radius 3 is 2.17 bits per heavy atom. The predicted molar refractivity (Wildman–Crippen MR) is 165 cm³/mol. The molecule has 0 bridgehead atoms. The first-order valence-corrected chi connectivity index (χ1v) is 15.7. The van der Waals surface area contributed by atoms with Crippen molar-refractivity contribution in [1.82, 2.24) is 9.80 Å². The minimum absolute atomic E-state index is 0.219. The van der Waals surface area contributed by atoms with Crippen molar-refractivity contribution < 1.29 is 9.47 Å². The Balaban J connectivity index is 1.06. The lowest BCUT2D eigenvalue weighted by Gasteiger charge is -2.35. The van der Waals surface area contributed by atoms with E-state index >= 15 is 0 Å². The summed E-state index contributed by atoms with van der Waals surface area (Å²) in [5.74, 6) is 1.34. The second-order valence-electron chi connectivity index (χ2n) is 11.7. The largest absolute Gasteiger partial charge is 0.489 e. The van der Waals surface area contributed by atoms with Gasteiger partial charge in [-0.05, 0) is 99.9 Å². The second-order valence-corrected chi connectivity index (χ2v) is 11.7. The molecule has 214 valence electrons. The van der Waals surface area contributed by atoms with Crippen molar-refractivity contribution in [3.8, 4) is 5.75 Å². The Morgan fingerprint density at radius 2 is 1.43 bits per heavy atom. The molecule has 0 N–H and O–H groups in total. The highest BCUT2D eigenvalue weighted by Gasteiger charge is 2.25. The number of hydrogen-bond donors (Lipinski definition) is 0. The molecule has 5 rings (SSSR count). The van der Waals surface area contributed by atoms with Gasteiger partial charge in [0.15, 0.2) is 0 Å². The summed E-state index contributed by atoms with van der Waals surface area (Å²) >= 11 is 0. The molecule has 0 aliphatic carbocycles. The lowest BCUT2D eigenvalue weighted by atomic mass is 9.90. The van der Waals surface area contributed by atoms with Gasteiger partial charge in [0.05, 0.1) is 6.61 Å². The van der Waals surface area contributed by atoms with E-state index in [4.69, 9.17) is 9.47 Å². The van der Waals surface area contributed by atoms with E-state index in [1.165, 1.54) is 74.8 Å². The summed E-state index contributed by atoms with van der Waals surface area (Å²) in [6, 6.07) is 30.4. The first-order chi connectivity index (χ1) is 19.8. The molecule has 0 spiro atoms. The molecule has 2 saturated heterocycles. The molecule has 0 saturated carbocycles. The van der Waals surface area contributed by atoms with E-state index in [2.05, 4.69) is 94.7 Å². The third-order valence-electron chi connectivity index (χ3n) is 8.49. The van der Waals surface area contributed by atoms with Gasteiger partial charge in [-0.15, -0.1) is 0 Å². The summed E-state index contributed by atoms with van der Waals surface area (Å²) in [6.07, 6.45) is 10.4. The molecule has 3 aromatic rings. The highest BCUT2D eigenvalue weighted by atomic mass is 16.5. The van der Waals surface area contributed by atoms with E-state index in [9.17, 15) is 0 Å². The number of unbranched alkanes of at least 4 members (excludes halogenated alkanes) is 2. The molecule has 1 atom stereocenters. The Labute approximate surface area is 242 Å². The van der Waals surface area contributed by atoms with Crippen LogP contribution in [0, 0.1) is 0 Å². The van der Waals surface area contributed by atoms with Gasteiger partial charge in [0.2, 0.25) is 0 Å². The fraction of sp³-hybridized carbons (Fsp3) is 0.500. The first kappa shape index (κ1) is 28.9. The smallest absolute Gasteiger partial charge is 0.120 e. The van der Waals surface area contributed by atoms with Crippen molar-refractivity contribution >= 4 is 0 Å². The summed E-state index contributed by atoms with van der Waals surface area (Å²) in [5.41, 5.74) is 3.96. The maximum atomic E-state index is 6.53. The second kappa shape index (κ2) is 16.0. The van der Waals surface area contributed by atoms with Crippen molar-refractivity contribution in [2.24, 2.45) is 0 Å². The van der Waals surface area contributed by atoms with Gasteiger partial charge in [0.1, 0.15) is 11.9 Å². The van der Waals surface area contributed by atoms with Crippen LogP contribution in [0.2, 0.25) is 0 Å². The number of nitrogens with zero attached hydrogens (tertiary/aromatic N) is 2. The van der Waals surface area contributed by atoms with Crippen LogP contribution in [0.5, 0.6) is 5.75 Å². The molecule has 4 nitrogen and oxygen atoms in total. The number of benzene rings is 3. The minimum atomic E-state index is 0.219. The Hall–Kier alpha value is -2.66. The van der Waals surface area contributed by atoms with Crippen LogP contribution in [0.4, 0.5) is 0 Å². The molecule has 2 aliphatic rings. The molecule has 0 radical (unpaired) electrons. The van der Waals surface area contributed by atoms with Crippen LogP contribution in [0.3, 0.4) is 0 Å². The van der Waals surface area contributed by atoms with Gasteiger partial charge in [-0.3, -0.25) is 4.90 Å². The quantitative estimate of drug-likeness (QED) is 0.197. The van der Waals surface area contributed by atoms with Crippen molar-refractivity contribution in [3.05, 3.63) is 102 Å². The van der Waals surface area contributed by atoms with Crippen LogP contribution in [-0.4, -0.2) is 61.8 Å². The molecule has 40 heavy (non-hydrogen) atoms. The van der Waals surface area contributed by atoms with E-state index in [1.807, 2.05) is 0 Å². The van der Waals surface area contributed by atoms with Crippen LogP contribution in [0.15, 0.2) is 84.9 Å². The van der Waals surface area contributed by atoms with Gasteiger partial charge in [0.25, 0.3) is 0 Å². The van der Waals surface area contributed by atoms with Crippen LogP contribution < -0.4 is 4.74 Å². The standard InChI is InChI=1S/C36H48N2O2/c1-5-16-32(17-6-1)36(33-18-7-2-8-19-33)29-38-25-14-21-35(28-38)40-34-20-13-15-31(27-34)30-39-26-12-4-11-24-37-22-9-3-10-23-37/h1-2,5-8,13,15-20,27,35-36H,3-4,9-12,14,21-26,28-30H2. The number of ether oxygens (including phenoxy) is 2. The number of hydrogen-bond acceptors (Lipinski definition) is 4. The highest BCUT2D eigenvalue weighted by molar-refractivity contribution is 5.33. The molecule has 1 unspecified atom stereocenters. The third-order valence-corrected chi connectivity index (χ3v) is 8.49. The van der Waals surface area contributed by atoms with Crippen molar-refractivity contribution in [2.75, 3.05) is 45.9 Å². The lowest BCUT2D eigenvalue weighted by molar-refractivity contribution is 0.0859. The number of piperidine rings is 2. The van der Waals surface area contributed by atoms with Crippen molar-refractivity contribution in [2.45, 2.75) is 70.0 Å². The maximum Gasteiger partial charge on any atom is 0.120 e. The van der Waals surface area contributed by atoms with E-state index in [0.29, 0.717) is 12.5 Å². The molecule has 2 fully saturated rings. The van der Waals surface area contributed by atoms with Crippen LogP contribution in [0.25, 0.3) is 0 Å². The molecule has 2 heterocycles. The van der Waals surface area contributed by atoms with Gasteiger partial charge in [-0.2, -0.15) is 0 Å². The summed E-state index contributed by atoms with van der Waals surface area (Å²) in [7, 11) is 0. The summed E-state index contributed by atoms with van der Waals surface area (Å²) < 4.78 is 12.6. The topological polar surface area (TPSA) is 24.9 Å². The minimum Gasteiger partial charge on any atom is -0.489 e. The summed E-state index contributed by atoms with van der Waals surface area (Å²) in [6.45, 7) is 8.47. The molecule has 0 amide bonds. The van der Waals surface area contributed by atoms with E-state index in [1.54, 1.807) is 0 Å². The normalized spacial score (nSPS) is 18.7. The van der Waals surface area contributed by atoms with Crippen LogP contribution in [-0.2, 0) is 11.3 Å². The first-order valence-electron chi connectivity index (χ1n) is 15.7. The number of likely N-dealkylation sites (tertiary alicyclic amines) is 2. The zero-order valence-corrected chi connectivity index (χ0v) is 24.3. The van der Waals surface area contributed by atoms with Crippen molar-refractivity contribution in [1.29, 1.82) is 0 Å². The highest BCUT2D eigenvalue weighted by Crippen LogP contribution is 2.28. The van der Waals surface area contributed by atoms with Gasteiger partial charge in [0, 0.05) is 25.6 Å². The molecule has 4 heteroatoms. The SMILES string of the molecule is c1ccc(C(CN2CCCC(Oc3cccc(COCCCCCN4CCCCC4)c3)C2)c2ccccc2)cc1. The van der Waals surface area contributed by atoms with E-state index in [-0.39, 0.29) is 6.10 Å².